The van der Waals surface area contributed by atoms with E-state index < -0.39 is 0 Å². The first-order valence-electron chi connectivity index (χ1n) is 7.05. The third-order valence-corrected chi connectivity index (χ3v) is 3.47. The zero-order valence-electron chi connectivity index (χ0n) is 12.7. The molecule has 0 unspecified atom stereocenters. The number of carbonyl (C=O) groups is 1. The molecule has 0 saturated carbocycles. The molecule has 2 heteroatoms. The van der Waals surface area contributed by atoms with Gasteiger partial charge < -0.3 is 9.53 Å². The van der Waals surface area contributed by atoms with Gasteiger partial charge in [-0.2, -0.15) is 0 Å². The van der Waals surface area contributed by atoms with E-state index in [4.69, 9.17) is 4.74 Å². The van der Waals surface area contributed by atoms with Crippen LogP contribution in [-0.2, 0) is 11.2 Å². The molecule has 1 aromatic carbocycles. The van der Waals surface area contributed by atoms with E-state index in [2.05, 4.69) is 26.0 Å². The van der Waals surface area contributed by atoms with Crippen molar-refractivity contribution in [1.82, 2.24) is 0 Å². The molecule has 0 atom stereocenters. The van der Waals surface area contributed by atoms with E-state index in [1.54, 1.807) is 14.0 Å². The molecular weight excluding hydrogens is 236 g/mol. The SMILES string of the molecule is COc1ccc(CC(C)(C)CCCCC(C)=O)cc1. The van der Waals surface area contributed by atoms with Crippen LogP contribution in [0.1, 0.15) is 52.0 Å². The predicted molar refractivity (Wildman–Crippen MR) is 79.6 cm³/mol. The summed E-state index contributed by atoms with van der Waals surface area (Å²) in [6.45, 7) is 6.26. The molecule has 0 radical (unpaired) electrons. The highest BCUT2D eigenvalue weighted by Gasteiger charge is 2.18. The summed E-state index contributed by atoms with van der Waals surface area (Å²) in [5.74, 6) is 1.20. The maximum absolute atomic E-state index is 10.9. The Morgan fingerprint density at radius 2 is 1.79 bits per heavy atom. The minimum absolute atomic E-state index is 0.283. The first kappa shape index (κ1) is 15.7. The fraction of sp³-hybridized carbons (Fsp3) is 0.588. The Balaban J connectivity index is 2.41. The lowest BCUT2D eigenvalue weighted by Gasteiger charge is -2.24. The molecule has 0 aliphatic heterocycles. The van der Waals surface area contributed by atoms with E-state index >= 15 is 0 Å². The molecule has 2 nitrogen and oxygen atoms in total. The van der Waals surface area contributed by atoms with Crippen LogP contribution in [0.3, 0.4) is 0 Å². The van der Waals surface area contributed by atoms with Gasteiger partial charge in [0.2, 0.25) is 0 Å². The number of rotatable bonds is 8. The Hall–Kier alpha value is -1.31. The third kappa shape index (κ3) is 6.42. The van der Waals surface area contributed by atoms with E-state index in [1.165, 1.54) is 5.56 Å². The van der Waals surface area contributed by atoms with Crippen molar-refractivity contribution in [2.24, 2.45) is 5.41 Å². The number of ether oxygens (including phenoxy) is 1. The van der Waals surface area contributed by atoms with Gasteiger partial charge in [0.1, 0.15) is 11.5 Å². The Kier molecular flexibility index (Phi) is 6.07. The highest BCUT2D eigenvalue weighted by Crippen LogP contribution is 2.29. The van der Waals surface area contributed by atoms with Crippen LogP contribution in [-0.4, -0.2) is 12.9 Å². The Labute approximate surface area is 117 Å². The van der Waals surface area contributed by atoms with Crippen molar-refractivity contribution in [2.75, 3.05) is 7.11 Å². The monoisotopic (exact) mass is 262 g/mol. The van der Waals surface area contributed by atoms with E-state index in [0.29, 0.717) is 5.78 Å². The fourth-order valence-corrected chi connectivity index (χ4v) is 2.36. The number of hydrogen-bond donors (Lipinski definition) is 0. The van der Waals surface area contributed by atoms with Crippen molar-refractivity contribution >= 4 is 5.78 Å². The molecule has 0 saturated heterocycles. The van der Waals surface area contributed by atoms with Gasteiger partial charge in [-0.3, -0.25) is 0 Å². The number of Topliss-reactive ketones (excluding diaryl/α,β-unsaturated/α-hetero) is 1. The molecule has 0 heterocycles. The van der Waals surface area contributed by atoms with Crippen molar-refractivity contribution < 1.29 is 9.53 Å². The molecule has 1 rings (SSSR count). The Bertz CT molecular complexity index is 390. The zero-order chi connectivity index (χ0) is 14.3. The van der Waals surface area contributed by atoms with Gasteiger partial charge >= 0.3 is 0 Å². The standard InChI is InChI=1S/C17H26O2/c1-14(18)7-5-6-12-17(2,3)13-15-8-10-16(19-4)11-9-15/h8-11H,5-7,12-13H2,1-4H3. The molecule has 0 fully saturated rings. The van der Waals surface area contributed by atoms with Crippen molar-refractivity contribution in [1.29, 1.82) is 0 Å². The number of ketones is 1. The molecule has 0 aliphatic carbocycles. The van der Waals surface area contributed by atoms with Crippen LogP contribution in [0.25, 0.3) is 0 Å². The summed E-state index contributed by atoms with van der Waals surface area (Å²) in [7, 11) is 1.69. The van der Waals surface area contributed by atoms with Gasteiger partial charge in [0.05, 0.1) is 7.11 Å². The molecule has 0 amide bonds. The summed E-state index contributed by atoms with van der Waals surface area (Å²) in [5, 5.41) is 0. The molecular formula is C17H26O2. The first-order chi connectivity index (χ1) is 8.93. The minimum atomic E-state index is 0.283. The molecule has 0 spiro atoms. The largest absolute Gasteiger partial charge is 0.497 e. The van der Waals surface area contributed by atoms with E-state index in [1.807, 2.05) is 12.1 Å². The molecule has 19 heavy (non-hydrogen) atoms. The predicted octanol–water partition coefficient (Wildman–Crippen LogP) is 4.41. The van der Waals surface area contributed by atoms with Crippen molar-refractivity contribution in [2.45, 2.75) is 52.9 Å². The van der Waals surface area contributed by atoms with Crippen LogP contribution < -0.4 is 4.74 Å². The van der Waals surface area contributed by atoms with Crippen LogP contribution >= 0.6 is 0 Å². The minimum Gasteiger partial charge on any atom is -0.497 e. The maximum atomic E-state index is 10.9. The summed E-state index contributed by atoms with van der Waals surface area (Å²) in [6.07, 6.45) is 5.09. The van der Waals surface area contributed by atoms with Crippen molar-refractivity contribution in [3.63, 3.8) is 0 Å². The van der Waals surface area contributed by atoms with Gasteiger partial charge in [-0.05, 0) is 49.3 Å². The topological polar surface area (TPSA) is 26.3 Å². The number of carbonyl (C=O) groups excluding carboxylic acids is 1. The summed E-state index contributed by atoms with van der Waals surface area (Å²) in [4.78, 5) is 10.9. The van der Waals surface area contributed by atoms with Gasteiger partial charge in [0.25, 0.3) is 0 Å². The highest BCUT2D eigenvalue weighted by atomic mass is 16.5. The molecule has 106 valence electrons. The summed E-state index contributed by atoms with van der Waals surface area (Å²) in [6, 6.07) is 8.30. The lowest BCUT2D eigenvalue weighted by Crippen LogP contribution is -2.15. The average molecular weight is 262 g/mol. The molecule has 0 bridgehead atoms. The first-order valence-corrected chi connectivity index (χ1v) is 7.05. The van der Waals surface area contributed by atoms with Crippen LogP contribution in [0.4, 0.5) is 0 Å². The van der Waals surface area contributed by atoms with Crippen LogP contribution in [0.15, 0.2) is 24.3 Å². The lowest BCUT2D eigenvalue weighted by atomic mass is 9.81. The van der Waals surface area contributed by atoms with E-state index in [0.717, 1.165) is 37.9 Å². The van der Waals surface area contributed by atoms with Crippen molar-refractivity contribution in [3.8, 4) is 5.75 Å². The second-order valence-electron chi connectivity index (χ2n) is 6.10. The quantitative estimate of drug-likeness (QED) is 0.648. The van der Waals surface area contributed by atoms with Crippen molar-refractivity contribution in [3.05, 3.63) is 29.8 Å². The summed E-state index contributed by atoms with van der Waals surface area (Å²) < 4.78 is 5.17. The van der Waals surface area contributed by atoms with Gasteiger partial charge in [-0.1, -0.05) is 32.4 Å². The third-order valence-electron chi connectivity index (χ3n) is 3.47. The number of unbranched alkanes of at least 4 members (excludes halogenated alkanes) is 1. The Morgan fingerprint density at radius 3 is 2.32 bits per heavy atom. The normalized spacial score (nSPS) is 11.4. The van der Waals surface area contributed by atoms with Crippen LogP contribution in [0.5, 0.6) is 5.75 Å². The number of hydrogen-bond acceptors (Lipinski definition) is 2. The van der Waals surface area contributed by atoms with Gasteiger partial charge in [0.15, 0.2) is 0 Å². The second-order valence-corrected chi connectivity index (χ2v) is 6.10. The molecule has 1 aromatic rings. The fourth-order valence-electron chi connectivity index (χ4n) is 2.36. The lowest BCUT2D eigenvalue weighted by molar-refractivity contribution is -0.117. The number of methoxy groups -OCH3 is 1. The summed E-state index contributed by atoms with van der Waals surface area (Å²) in [5.41, 5.74) is 1.63. The van der Waals surface area contributed by atoms with Crippen LogP contribution in [0.2, 0.25) is 0 Å². The van der Waals surface area contributed by atoms with Gasteiger partial charge in [0, 0.05) is 6.42 Å². The number of benzene rings is 1. The summed E-state index contributed by atoms with van der Waals surface area (Å²) >= 11 is 0. The molecule has 0 aliphatic rings. The van der Waals surface area contributed by atoms with Crippen LogP contribution in [0, 0.1) is 5.41 Å². The zero-order valence-corrected chi connectivity index (χ0v) is 12.7. The molecule has 0 N–H and O–H groups in total. The smallest absolute Gasteiger partial charge is 0.129 e. The highest BCUT2D eigenvalue weighted by molar-refractivity contribution is 5.75. The van der Waals surface area contributed by atoms with E-state index in [-0.39, 0.29) is 5.41 Å². The average Bonchev–Trinajstić information content (AvgIpc) is 2.35. The Morgan fingerprint density at radius 1 is 1.16 bits per heavy atom. The van der Waals surface area contributed by atoms with E-state index in [9.17, 15) is 4.79 Å². The van der Waals surface area contributed by atoms with Gasteiger partial charge in [-0.15, -0.1) is 0 Å². The molecule has 0 aromatic heterocycles. The van der Waals surface area contributed by atoms with Gasteiger partial charge in [-0.25, -0.2) is 0 Å². The maximum Gasteiger partial charge on any atom is 0.129 e. The second kappa shape index (κ2) is 7.32.